The summed E-state index contributed by atoms with van der Waals surface area (Å²) in [6, 6.07) is 17.4. The summed E-state index contributed by atoms with van der Waals surface area (Å²) < 4.78 is 7.61. The van der Waals surface area contributed by atoms with Crippen molar-refractivity contribution in [3.63, 3.8) is 0 Å². The molecule has 0 spiro atoms. The van der Waals surface area contributed by atoms with E-state index in [1.54, 1.807) is 10.6 Å². The van der Waals surface area contributed by atoms with Crippen LogP contribution in [0.2, 0.25) is 0 Å². The lowest BCUT2D eigenvalue weighted by Crippen LogP contribution is -2.22. The molecule has 0 aliphatic heterocycles. The molecule has 29 heavy (non-hydrogen) atoms. The van der Waals surface area contributed by atoms with E-state index < -0.39 is 0 Å². The van der Waals surface area contributed by atoms with Gasteiger partial charge in [-0.25, -0.2) is 0 Å². The summed E-state index contributed by atoms with van der Waals surface area (Å²) in [5.41, 5.74) is 3.58. The minimum Gasteiger partial charge on any atom is -0.468 e. The van der Waals surface area contributed by atoms with Crippen LogP contribution in [0.1, 0.15) is 21.5 Å². The Morgan fingerprint density at radius 1 is 1.07 bits per heavy atom. The number of nitrogens with zero attached hydrogens (tertiary/aromatic N) is 2. The summed E-state index contributed by atoms with van der Waals surface area (Å²) in [5.74, 6) is -0.718. The lowest BCUT2D eigenvalue weighted by molar-refractivity contribution is -0.141. The van der Waals surface area contributed by atoms with E-state index in [4.69, 9.17) is 4.74 Å². The Kier molecular flexibility index (Phi) is 5.03. The molecule has 1 amide bonds. The van der Waals surface area contributed by atoms with Gasteiger partial charge in [-0.2, -0.15) is 4.99 Å². The molecule has 0 saturated carbocycles. The second kappa shape index (κ2) is 7.64. The molecule has 0 aliphatic rings. The maximum Gasteiger partial charge on any atom is 0.325 e. The Hall–Kier alpha value is -3.25. The molecule has 4 aromatic rings. The Morgan fingerprint density at radius 2 is 1.83 bits per heavy atom. The van der Waals surface area contributed by atoms with Gasteiger partial charge in [0.2, 0.25) is 0 Å². The number of thiazole rings is 1. The summed E-state index contributed by atoms with van der Waals surface area (Å²) in [5, 5.41) is 1.84. The molecule has 0 unspecified atom stereocenters. The number of rotatable bonds is 3. The van der Waals surface area contributed by atoms with Crippen LogP contribution in [0.25, 0.3) is 21.0 Å². The number of carbonyl (C=O) groups is 2. The smallest absolute Gasteiger partial charge is 0.325 e. The van der Waals surface area contributed by atoms with Gasteiger partial charge in [-0.3, -0.25) is 9.59 Å². The number of esters is 1. The predicted molar refractivity (Wildman–Crippen MR) is 115 cm³/mol. The molecule has 146 valence electrons. The van der Waals surface area contributed by atoms with Crippen molar-refractivity contribution < 1.29 is 14.3 Å². The van der Waals surface area contributed by atoms with E-state index in [0.717, 1.165) is 32.1 Å². The van der Waals surface area contributed by atoms with E-state index in [0.29, 0.717) is 10.4 Å². The van der Waals surface area contributed by atoms with Crippen molar-refractivity contribution in [2.24, 2.45) is 4.99 Å². The highest BCUT2D eigenvalue weighted by Gasteiger charge is 2.15. The van der Waals surface area contributed by atoms with Crippen LogP contribution < -0.4 is 4.80 Å². The molecule has 0 N–H and O–H groups in total. The highest BCUT2D eigenvalue weighted by molar-refractivity contribution is 7.16. The maximum absolute atomic E-state index is 13.1. The third kappa shape index (κ3) is 3.59. The van der Waals surface area contributed by atoms with E-state index in [1.807, 2.05) is 56.3 Å². The normalized spacial score (nSPS) is 11.9. The Balaban J connectivity index is 1.93. The number of hydrogen-bond acceptors (Lipinski definition) is 4. The second-order valence-corrected chi connectivity index (χ2v) is 7.93. The largest absolute Gasteiger partial charge is 0.468 e. The first-order chi connectivity index (χ1) is 14.0. The molecule has 0 atom stereocenters. The number of amides is 1. The zero-order valence-corrected chi connectivity index (χ0v) is 17.2. The van der Waals surface area contributed by atoms with Gasteiger partial charge in [0.1, 0.15) is 6.54 Å². The molecule has 0 saturated heterocycles. The molecule has 5 nitrogen and oxygen atoms in total. The number of aromatic nitrogens is 1. The molecule has 1 heterocycles. The number of aryl methyl sites for hydroxylation is 2. The fraction of sp³-hybridized carbons (Fsp3) is 0.174. The fourth-order valence-electron chi connectivity index (χ4n) is 3.58. The maximum atomic E-state index is 13.1. The first kappa shape index (κ1) is 19.1. The monoisotopic (exact) mass is 404 g/mol. The van der Waals surface area contributed by atoms with Crippen molar-refractivity contribution in [3.05, 3.63) is 76.1 Å². The van der Waals surface area contributed by atoms with Gasteiger partial charge >= 0.3 is 5.97 Å². The van der Waals surface area contributed by atoms with E-state index in [2.05, 4.69) is 11.1 Å². The molecular weight excluding hydrogens is 384 g/mol. The van der Waals surface area contributed by atoms with Crippen LogP contribution in [0, 0.1) is 13.8 Å². The van der Waals surface area contributed by atoms with E-state index in [1.165, 1.54) is 18.4 Å². The number of carbonyl (C=O) groups excluding carboxylic acids is 2. The summed E-state index contributed by atoms with van der Waals surface area (Å²) in [6.07, 6.45) is 0. The summed E-state index contributed by atoms with van der Waals surface area (Å²) in [4.78, 5) is 30.0. The molecule has 1 aromatic heterocycles. The van der Waals surface area contributed by atoms with Crippen molar-refractivity contribution >= 4 is 44.2 Å². The topological polar surface area (TPSA) is 60.7 Å². The third-order valence-electron chi connectivity index (χ3n) is 4.84. The highest BCUT2D eigenvalue weighted by Crippen LogP contribution is 2.24. The van der Waals surface area contributed by atoms with Gasteiger partial charge in [0.15, 0.2) is 4.80 Å². The number of ether oxygens (including phenoxy) is 1. The van der Waals surface area contributed by atoms with E-state index in [-0.39, 0.29) is 18.4 Å². The number of hydrogen-bond donors (Lipinski definition) is 0. The quantitative estimate of drug-likeness (QED) is 0.476. The van der Waals surface area contributed by atoms with E-state index in [9.17, 15) is 9.59 Å². The van der Waals surface area contributed by atoms with Crippen LogP contribution in [-0.4, -0.2) is 23.6 Å². The first-order valence-corrected chi connectivity index (χ1v) is 10.0. The van der Waals surface area contributed by atoms with E-state index >= 15 is 0 Å². The molecule has 0 radical (unpaired) electrons. The minimum atomic E-state index is -0.385. The third-order valence-corrected chi connectivity index (χ3v) is 5.87. The SMILES string of the molecule is COC(=O)Cn1c(=NC(=O)c2cccc3ccccc23)sc2cc(C)cc(C)c21. The van der Waals surface area contributed by atoms with Gasteiger partial charge in [-0.05, 0) is 47.9 Å². The zero-order valence-electron chi connectivity index (χ0n) is 16.4. The zero-order chi connectivity index (χ0) is 20.5. The molecule has 0 aliphatic carbocycles. The lowest BCUT2D eigenvalue weighted by atomic mass is 10.0. The number of methoxy groups -OCH3 is 1. The predicted octanol–water partition coefficient (Wildman–Crippen LogP) is 4.39. The van der Waals surface area contributed by atoms with Crippen molar-refractivity contribution in [3.8, 4) is 0 Å². The molecule has 0 bridgehead atoms. The van der Waals surface area contributed by atoms with Gasteiger partial charge < -0.3 is 9.30 Å². The van der Waals surface area contributed by atoms with Crippen LogP contribution >= 0.6 is 11.3 Å². The van der Waals surface area contributed by atoms with Gasteiger partial charge in [-0.15, -0.1) is 0 Å². The summed E-state index contributed by atoms with van der Waals surface area (Å²) in [6.45, 7) is 4.02. The molecule has 0 fully saturated rings. The fourth-order valence-corrected chi connectivity index (χ4v) is 4.78. The second-order valence-electron chi connectivity index (χ2n) is 6.92. The minimum absolute atomic E-state index is 0.00204. The van der Waals surface area contributed by atoms with Crippen molar-refractivity contribution in [2.45, 2.75) is 20.4 Å². The van der Waals surface area contributed by atoms with Gasteiger partial charge in [0, 0.05) is 5.56 Å². The van der Waals surface area contributed by atoms with Crippen LogP contribution in [0.15, 0.2) is 59.6 Å². The van der Waals surface area contributed by atoms with Crippen LogP contribution in [0.3, 0.4) is 0 Å². The lowest BCUT2D eigenvalue weighted by Gasteiger charge is -2.07. The standard InChI is InChI=1S/C23H20N2O3S/c1-14-11-15(2)21-19(12-14)29-23(25(21)13-20(26)28-3)24-22(27)18-10-6-8-16-7-4-5-9-17(16)18/h4-12H,13H2,1-3H3. The molecular formula is C23H20N2O3S. The van der Waals surface area contributed by atoms with Gasteiger partial charge in [-0.1, -0.05) is 53.8 Å². The van der Waals surface area contributed by atoms with Crippen molar-refractivity contribution in [2.75, 3.05) is 7.11 Å². The summed E-state index contributed by atoms with van der Waals surface area (Å²) >= 11 is 1.40. The molecule has 3 aromatic carbocycles. The molecule has 6 heteroatoms. The summed E-state index contributed by atoms with van der Waals surface area (Å²) in [7, 11) is 1.35. The number of benzene rings is 3. The molecule has 4 rings (SSSR count). The van der Waals surface area contributed by atoms with Gasteiger partial charge in [0.05, 0.1) is 17.3 Å². The Morgan fingerprint density at radius 3 is 2.62 bits per heavy atom. The van der Waals surface area contributed by atoms with Crippen molar-refractivity contribution in [1.29, 1.82) is 0 Å². The van der Waals surface area contributed by atoms with Gasteiger partial charge in [0.25, 0.3) is 5.91 Å². The van der Waals surface area contributed by atoms with Crippen LogP contribution in [-0.2, 0) is 16.1 Å². The van der Waals surface area contributed by atoms with Crippen LogP contribution in [0.4, 0.5) is 0 Å². The van der Waals surface area contributed by atoms with Crippen molar-refractivity contribution in [1.82, 2.24) is 4.57 Å². The Labute approximate surface area is 171 Å². The Bertz CT molecular complexity index is 1330. The highest BCUT2D eigenvalue weighted by atomic mass is 32.1. The van der Waals surface area contributed by atoms with Crippen LogP contribution in [0.5, 0.6) is 0 Å². The average Bonchev–Trinajstić information content (AvgIpc) is 3.04. The number of fused-ring (bicyclic) bond motifs is 2. The first-order valence-electron chi connectivity index (χ1n) is 9.22. The average molecular weight is 404 g/mol.